The lowest BCUT2D eigenvalue weighted by Crippen LogP contribution is -2.55. The van der Waals surface area contributed by atoms with E-state index in [2.05, 4.69) is 0 Å². The first-order valence-corrected chi connectivity index (χ1v) is 9.28. The van der Waals surface area contributed by atoms with E-state index >= 15 is 0 Å². The van der Waals surface area contributed by atoms with E-state index < -0.39 is 41.1 Å². The summed E-state index contributed by atoms with van der Waals surface area (Å²) in [5.41, 5.74) is -1.18. The maximum Gasteiger partial charge on any atom is 0.317 e. The van der Waals surface area contributed by atoms with Crippen molar-refractivity contribution in [2.75, 3.05) is 20.0 Å². The Morgan fingerprint density at radius 2 is 1.79 bits per heavy atom. The van der Waals surface area contributed by atoms with Crippen molar-refractivity contribution in [1.29, 1.82) is 0 Å². The van der Waals surface area contributed by atoms with E-state index in [4.69, 9.17) is 18.9 Å². The second-order valence-electron chi connectivity index (χ2n) is 7.10. The lowest BCUT2D eigenvalue weighted by atomic mass is 9.61. The number of esters is 2. The van der Waals surface area contributed by atoms with Crippen molar-refractivity contribution in [2.24, 2.45) is 11.8 Å². The molecule has 2 aliphatic rings. The fourth-order valence-corrected chi connectivity index (χ4v) is 4.00. The molecule has 0 bridgehead atoms. The predicted octanol–water partition coefficient (Wildman–Crippen LogP) is 1.58. The Labute approximate surface area is 162 Å². The second-order valence-corrected chi connectivity index (χ2v) is 7.10. The van der Waals surface area contributed by atoms with Crippen LogP contribution in [0.1, 0.15) is 38.7 Å². The Bertz CT molecular complexity index is 784. The Balaban J connectivity index is 2.12. The van der Waals surface area contributed by atoms with Gasteiger partial charge in [-0.3, -0.25) is 14.4 Å². The summed E-state index contributed by atoms with van der Waals surface area (Å²) in [6.07, 6.45) is -0.346. The molecule has 1 aliphatic carbocycles. The molecule has 0 radical (unpaired) electrons. The molecule has 0 saturated heterocycles. The highest BCUT2D eigenvalue weighted by molar-refractivity contribution is 6.02. The van der Waals surface area contributed by atoms with Crippen molar-refractivity contribution in [3.63, 3.8) is 0 Å². The summed E-state index contributed by atoms with van der Waals surface area (Å²) < 4.78 is 21.0. The van der Waals surface area contributed by atoms with Crippen LogP contribution in [0.15, 0.2) is 18.2 Å². The zero-order chi connectivity index (χ0) is 20.5. The molecule has 8 nitrogen and oxygen atoms in total. The number of Topliss-reactive ketones (excluding diaryl/α,β-unsaturated/α-hetero) is 1. The van der Waals surface area contributed by atoms with Crippen LogP contribution in [0.25, 0.3) is 0 Å². The van der Waals surface area contributed by atoms with Crippen molar-refractivity contribution < 1.29 is 38.4 Å². The van der Waals surface area contributed by atoms with Gasteiger partial charge in [-0.1, -0.05) is 6.07 Å². The van der Waals surface area contributed by atoms with Gasteiger partial charge in [0.25, 0.3) is 0 Å². The summed E-state index contributed by atoms with van der Waals surface area (Å²) in [6, 6.07) is 4.93. The molecular formula is C20H24O8. The van der Waals surface area contributed by atoms with Crippen LogP contribution < -0.4 is 9.47 Å². The molecule has 0 amide bonds. The fourth-order valence-electron chi connectivity index (χ4n) is 4.00. The zero-order valence-electron chi connectivity index (χ0n) is 16.1. The van der Waals surface area contributed by atoms with Crippen LogP contribution >= 0.6 is 0 Å². The van der Waals surface area contributed by atoms with E-state index in [9.17, 15) is 19.5 Å². The van der Waals surface area contributed by atoms with Gasteiger partial charge in [0, 0.05) is 12.3 Å². The Morgan fingerprint density at radius 1 is 1.14 bits per heavy atom. The third-order valence-corrected chi connectivity index (χ3v) is 5.13. The molecule has 1 fully saturated rings. The van der Waals surface area contributed by atoms with Crippen LogP contribution in [0, 0.1) is 11.8 Å². The number of carbonyl (C=O) groups excluding carboxylic acids is 3. The average Bonchev–Trinajstić information content (AvgIpc) is 3.08. The van der Waals surface area contributed by atoms with Gasteiger partial charge in [-0.2, -0.15) is 0 Å². The van der Waals surface area contributed by atoms with E-state index in [0.717, 1.165) is 0 Å². The molecule has 1 aromatic carbocycles. The van der Waals surface area contributed by atoms with Crippen LogP contribution in [-0.2, 0) is 23.9 Å². The van der Waals surface area contributed by atoms with Gasteiger partial charge in [0.1, 0.15) is 5.92 Å². The predicted molar refractivity (Wildman–Crippen MR) is 95.8 cm³/mol. The maximum atomic E-state index is 12.8. The topological polar surface area (TPSA) is 108 Å². The quantitative estimate of drug-likeness (QED) is 0.594. The van der Waals surface area contributed by atoms with Gasteiger partial charge in [0.05, 0.1) is 24.7 Å². The number of hydrogen-bond donors (Lipinski definition) is 1. The third kappa shape index (κ3) is 3.56. The van der Waals surface area contributed by atoms with E-state index in [0.29, 0.717) is 17.1 Å². The van der Waals surface area contributed by atoms with Crippen molar-refractivity contribution in [3.05, 3.63) is 23.8 Å². The standard InChI is InChI=1S/C20H24O8/c1-4-25-18(22)16-12(21)9-20(3,24)17(19(23)26-5-2)15(16)11-6-7-13-14(8-11)28-10-27-13/h6-8,15-17,24H,4-5,9-10H2,1-3H3/t15-,16+,17-,20+/m1/s1. The third-order valence-electron chi connectivity index (χ3n) is 5.13. The highest BCUT2D eigenvalue weighted by Crippen LogP contribution is 2.48. The first-order valence-electron chi connectivity index (χ1n) is 9.28. The summed E-state index contributed by atoms with van der Waals surface area (Å²) in [6.45, 7) is 4.96. The van der Waals surface area contributed by atoms with Gasteiger partial charge < -0.3 is 24.1 Å². The van der Waals surface area contributed by atoms with Gasteiger partial charge in [-0.25, -0.2) is 0 Å². The number of ether oxygens (including phenoxy) is 4. The number of hydrogen-bond acceptors (Lipinski definition) is 8. The molecule has 0 unspecified atom stereocenters. The number of fused-ring (bicyclic) bond motifs is 1. The number of carbonyl (C=O) groups is 3. The smallest absolute Gasteiger partial charge is 0.317 e. The number of ketones is 1. The van der Waals surface area contributed by atoms with Crippen molar-refractivity contribution in [1.82, 2.24) is 0 Å². The minimum absolute atomic E-state index is 0.0582. The molecule has 1 heterocycles. The van der Waals surface area contributed by atoms with E-state index in [1.807, 2.05) is 0 Å². The summed E-state index contributed by atoms with van der Waals surface area (Å²) >= 11 is 0. The summed E-state index contributed by atoms with van der Waals surface area (Å²) in [4.78, 5) is 38.2. The molecule has 152 valence electrons. The molecule has 28 heavy (non-hydrogen) atoms. The molecule has 0 aromatic heterocycles. The Morgan fingerprint density at radius 3 is 2.46 bits per heavy atom. The van der Waals surface area contributed by atoms with E-state index in [1.165, 1.54) is 6.92 Å². The maximum absolute atomic E-state index is 12.8. The number of rotatable bonds is 5. The summed E-state index contributed by atoms with van der Waals surface area (Å²) in [5, 5.41) is 10.9. The molecule has 0 spiro atoms. The van der Waals surface area contributed by atoms with Gasteiger partial charge >= 0.3 is 11.9 Å². The van der Waals surface area contributed by atoms with Crippen molar-refractivity contribution in [3.8, 4) is 11.5 Å². The molecule has 1 N–H and O–H groups in total. The summed E-state index contributed by atoms with van der Waals surface area (Å²) in [7, 11) is 0. The average molecular weight is 392 g/mol. The van der Waals surface area contributed by atoms with Gasteiger partial charge in [0.2, 0.25) is 6.79 Å². The zero-order valence-corrected chi connectivity index (χ0v) is 16.1. The highest BCUT2D eigenvalue weighted by atomic mass is 16.7. The van der Waals surface area contributed by atoms with Crippen molar-refractivity contribution >= 4 is 17.7 Å². The molecule has 3 rings (SSSR count). The first-order chi connectivity index (χ1) is 13.3. The fraction of sp³-hybridized carbons (Fsp3) is 0.550. The van der Waals surface area contributed by atoms with Crippen molar-refractivity contribution in [2.45, 2.75) is 38.7 Å². The minimum atomic E-state index is -1.67. The second kappa shape index (κ2) is 7.79. The van der Waals surface area contributed by atoms with Gasteiger partial charge in [0.15, 0.2) is 17.3 Å². The SMILES string of the molecule is CCOC(=O)[C@H]1C(=O)C[C@](C)(O)[C@@H](C(=O)OCC)[C@@H]1c1ccc2c(c1)OCO2. The molecule has 8 heteroatoms. The largest absolute Gasteiger partial charge is 0.466 e. The first kappa shape index (κ1) is 20.1. The normalized spacial score (nSPS) is 28.7. The molecule has 1 aromatic rings. The van der Waals surface area contributed by atoms with E-state index in [-0.39, 0.29) is 26.4 Å². The van der Waals surface area contributed by atoms with Crippen LogP contribution in [0.2, 0.25) is 0 Å². The lowest BCUT2D eigenvalue weighted by molar-refractivity contribution is -0.172. The van der Waals surface area contributed by atoms with E-state index in [1.54, 1.807) is 32.0 Å². The molecule has 1 saturated carbocycles. The molecule has 1 aliphatic heterocycles. The van der Waals surface area contributed by atoms with Crippen LogP contribution in [-0.4, -0.2) is 48.4 Å². The molecule has 4 atom stereocenters. The highest BCUT2D eigenvalue weighted by Gasteiger charge is 2.57. The van der Waals surface area contributed by atoms with Crippen LogP contribution in [0.4, 0.5) is 0 Å². The van der Waals surface area contributed by atoms with Crippen LogP contribution in [0.5, 0.6) is 11.5 Å². The number of aliphatic hydroxyl groups is 1. The monoisotopic (exact) mass is 392 g/mol. The Kier molecular flexibility index (Phi) is 5.60. The molecular weight excluding hydrogens is 368 g/mol. The van der Waals surface area contributed by atoms with Crippen LogP contribution in [0.3, 0.4) is 0 Å². The lowest BCUT2D eigenvalue weighted by Gasteiger charge is -2.43. The Hall–Kier alpha value is -2.61. The minimum Gasteiger partial charge on any atom is -0.466 e. The van der Waals surface area contributed by atoms with Gasteiger partial charge in [-0.15, -0.1) is 0 Å². The van der Waals surface area contributed by atoms with Gasteiger partial charge in [-0.05, 0) is 38.5 Å². The summed E-state index contributed by atoms with van der Waals surface area (Å²) in [5.74, 6) is -4.21. The number of benzene rings is 1.